The average Bonchev–Trinajstić information content (AvgIpc) is 3.41. The minimum atomic E-state index is 0. The predicted octanol–water partition coefficient (Wildman–Crippen LogP) is 3.94. The van der Waals surface area contributed by atoms with Crippen LogP contribution in [-0.2, 0) is 19.5 Å². The summed E-state index contributed by atoms with van der Waals surface area (Å²) in [5, 5.41) is 12.4. The molecule has 0 radical (unpaired) electrons. The number of aromatic nitrogens is 3. The Labute approximate surface area is 193 Å². The molecule has 2 aromatic carbocycles. The number of hydrogen-bond acceptors (Lipinski definition) is 2. The second kappa shape index (κ2) is 10.8. The van der Waals surface area contributed by atoms with Crippen LogP contribution in [0.25, 0.3) is 10.9 Å². The highest BCUT2D eigenvalue weighted by Gasteiger charge is 2.04. The van der Waals surface area contributed by atoms with E-state index in [1.807, 2.05) is 16.9 Å². The van der Waals surface area contributed by atoms with E-state index >= 15 is 0 Å². The smallest absolute Gasteiger partial charge is 0.191 e. The van der Waals surface area contributed by atoms with Crippen molar-refractivity contribution in [3.8, 4) is 0 Å². The van der Waals surface area contributed by atoms with E-state index in [1.54, 1.807) is 13.2 Å². The summed E-state index contributed by atoms with van der Waals surface area (Å²) in [5.41, 5.74) is 4.94. The third-order valence-corrected chi connectivity index (χ3v) is 4.94. The predicted molar refractivity (Wildman–Crippen MR) is 133 cm³/mol. The van der Waals surface area contributed by atoms with E-state index in [0.717, 1.165) is 32.0 Å². The lowest BCUT2D eigenvalue weighted by molar-refractivity contribution is 0.685. The number of nitrogens with one attached hydrogen (secondary N) is 3. The van der Waals surface area contributed by atoms with Crippen molar-refractivity contribution >= 4 is 40.8 Å². The average molecular weight is 514 g/mol. The van der Waals surface area contributed by atoms with Crippen molar-refractivity contribution in [2.45, 2.75) is 19.5 Å². The number of nitrogens with zero attached hydrogens (tertiary/aromatic N) is 3. The van der Waals surface area contributed by atoms with Crippen molar-refractivity contribution < 1.29 is 0 Å². The van der Waals surface area contributed by atoms with Crippen LogP contribution in [0.5, 0.6) is 0 Å². The number of rotatable bonds is 7. The molecule has 30 heavy (non-hydrogen) atoms. The standard InChI is InChI=1S/C23H26N6.HI/c1-24-23(25-12-10-20-16-26-22-9-3-2-8-21(20)22)27-15-18-6-4-7-19(14-18)17-29-13-5-11-28-29;/h2-9,11,13-14,16,26H,10,12,15,17H2,1H3,(H2,24,25,27);1H. The van der Waals surface area contributed by atoms with Crippen LogP contribution in [0.4, 0.5) is 0 Å². The highest BCUT2D eigenvalue weighted by Crippen LogP contribution is 2.17. The van der Waals surface area contributed by atoms with Gasteiger partial charge in [-0.05, 0) is 35.2 Å². The molecule has 2 aromatic heterocycles. The molecule has 0 spiro atoms. The van der Waals surface area contributed by atoms with Crippen LogP contribution in [0.1, 0.15) is 16.7 Å². The second-order valence-electron chi connectivity index (χ2n) is 6.99. The van der Waals surface area contributed by atoms with Crippen molar-refractivity contribution in [3.63, 3.8) is 0 Å². The Morgan fingerprint density at radius 1 is 1.07 bits per heavy atom. The fourth-order valence-electron chi connectivity index (χ4n) is 3.48. The first-order chi connectivity index (χ1) is 14.3. The van der Waals surface area contributed by atoms with Crippen molar-refractivity contribution in [1.29, 1.82) is 0 Å². The number of benzene rings is 2. The maximum Gasteiger partial charge on any atom is 0.191 e. The third kappa shape index (κ3) is 5.63. The maximum atomic E-state index is 4.34. The molecule has 0 atom stereocenters. The summed E-state index contributed by atoms with van der Waals surface area (Å²) in [7, 11) is 1.80. The van der Waals surface area contributed by atoms with Gasteiger partial charge in [-0.3, -0.25) is 9.67 Å². The zero-order valence-electron chi connectivity index (χ0n) is 17.0. The first kappa shape index (κ1) is 21.9. The molecule has 7 heteroatoms. The first-order valence-corrected chi connectivity index (χ1v) is 9.86. The molecule has 0 saturated carbocycles. The topological polar surface area (TPSA) is 70.0 Å². The Hall–Kier alpha value is -2.81. The maximum absolute atomic E-state index is 4.34. The molecule has 3 N–H and O–H groups in total. The van der Waals surface area contributed by atoms with Crippen molar-refractivity contribution in [1.82, 2.24) is 25.4 Å². The number of hydrogen-bond donors (Lipinski definition) is 3. The molecule has 6 nitrogen and oxygen atoms in total. The van der Waals surface area contributed by atoms with E-state index in [-0.39, 0.29) is 24.0 Å². The third-order valence-electron chi connectivity index (χ3n) is 4.94. The molecule has 0 amide bonds. The van der Waals surface area contributed by atoms with Crippen LogP contribution >= 0.6 is 24.0 Å². The van der Waals surface area contributed by atoms with E-state index in [2.05, 4.69) is 80.4 Å². The minimum absolute atomic E-state index is 0. The fraction of sp³-hybridized carbons (Fsp3) is 0.217. The zero-order valence-corrected chi connectivity index (χ0v) is 19.3. The van der Waals surface area contributed by atoms with Crippen LogP contribution in [0.2, 0.25) is 0 Å². The molecule has 4 rings (SSSR count). The number of para-hydroxylation sites is 1. The Balaban J connectivity index is 0.00000256. The van der Waals surface area contributed by atoms with Gasteiger partial charge in [0.05, 0.1) is 6.54 Å². The number of aliphatic imine (C=N–C) groups is 1. The van der Waals surface area contributed by atoms with Gasteiger partial charge in [-0.2, -0.15) is 5.10 Å². The molecule has 0 unspecified atom stereocenters. The Bertz CT molecular complexity index is 1080. The highest BCUT2D eigenvalue weighted by molar-refractivity contribution is 14.0. The zero-order chi connectivity index (χ0) is 19.9. The SMILES string of the molecule is CN=C(NCCc1c[nH]c2ccccc12)NCc1cccc(Cn2cccn2)c1.I. The number of aromatic amines is 1. The second-order valence-corrected chi connectivity index (χ2v) is 6.99. The van der Waals surface area contributed by atoms with E-state index < -0.39 is 0 Å². The Morgan fingerprint density at radius 3 is 2.77 bits per heavy atom. The van der Waals surface area contributed by atoms with Gasteiger partial charge in [-0.25, -0.2) is 0 Å². The summed E-state index contributed by atoms with van der Waals surface area (Å²) >= 11 is 0. The quantitative estimate of drug-likeness (QED) is 0.199. The minimum Gasteiger partial charge on any atom is -0.361 e. The summed E-state index contributed by atoms with van der Waals surface area (Å²) < 4.78 is 1.93. The van der Waals surface area contributed by atoms with E-state index in [1.165, 1.54) is 27.6 Å². The lowest BCUT2D eigenvalue weighted by Gasteiger charge is -2.12. The van der Waals surface area contributed by atoms with Gasteiger partial charge in [0.2, 0.25) is 0 Å². The molecule has 0 fully saturated rings. The van der Waals surface area contributed by atoms with Gasteiger partial charge >= 0.3 is 0 Å². The number of halogens is 1. The molecule has 2 heterocycles. The summed E-state index contributed by atoms with van der Waals surface area (Å²) in [5.74, 6) is 0.808. The molecular weight excluding hydrogens is 487 g/mol. The van der Waals surface area contributed by atoms with Gasteiger partial charge in [-0.15, -0.1) is 24.0 Å². The van der Waals surface area contributed by atoms with E-state index in [9.17, 15) is 0 Å². The molecule has 0 aliphatic heterocycles. The summed E-state index contributed by atoms with van der Waals surface area (Å²) in [6, 6.07) is 18.9. The fourth-order valence-corrected chi connectivity index (χ4v) is 3.48. The van der Waals surface area contributed by atoms with Crippen LogP contribution in [0, 0.1) is 0 Å². The Morgan fingerprint density at radius 2 is 1.93 bits per heavy atom. The molecule has 156 valence electrons. The van der Waals surface area contributed by atoms with Crippen molar-refractivity contribution in [2.75, 3.05) is 13.6 Å². The van der Waals surface area contributed by atoms with Gasteiger partial charge in [-0.1, -0.05) is 42.5 Å². The lowest BCUT2D eigenvalue weighted by atomic mass is 10.1. The summed E-state index contributed by atoms with van der Waals surface area (Å²) in [6.45, 7) is 2.32. The molecule has 0 aliphatic rings. The van der Waals surface area contributed by atoms with Gasteiger partial charge in [0.15, 0.2) is 5.96 Å². The van der Waals surface area contributed by atoms with Crippen LogP contribution < -0.4 is 10.6 Å². The molecular formula is C23H27IN6. The van der Waals surface area contributed by atoms with Crippen LogP contribution in [-0.4, -0.2) is 34.3 Å². The largest absolute Gasteiger partial charge is 0.361 e. The first-order valence-electron chi connectivity index (χ1n) is 9.86. The van der Waals surface area contributed by atoms with Gasteiger partial charge in [0.1, 0.15) is 0 Å². The monoisotopic (exact) mass is 514 g/mol. The van der Waals surface area contributed by atoms with Crippen molar-refractivity contribution in [2.24, 2.45) is 4.99 Å². The van der Waals surface area contributed by atoms with Crippen LogP contribution in [0.15, 0.2) is 78.2 Å². The number of fused-ring (bicyclic) bond motifs is 1. The molecule has 0 aliphatic carbocycles. The van der Waals surface area contributed by atoms with Gasteiger partial charge < -0.3 is 15.6 Å². The lowest BCUT2D eigenvalue weighted by Crippen LogP contribution is -2.37. The molecule has 4 aromatic rings. The molecule has 0 bridgehead atoms. The summed E-state index contributed by atoms with van der Waals surface area (Å²) in [4.78, 5) is 7.67. The van der Waals surface area contributed by atoms with E-state index in [0.29, 0.717) is 0 Å². The van der Waals surface area contributed by atoms with Gasteiger partial charge in [0.25, 0.3) is 0 Å². The van der Waals surface area contributed by atoms with Crippen molar-refractivity contribution in [3.05, 3.63) is 89.9 Å². The highest BCUT2D eigenvalue weighted by atomic mass is 127. The Kier molecular flexibility index (Phi) is 7.89. The van der Waals surface area contributed by atoms with Gasteiger partial charge in [0, 0.05) is 49.6 Å². The van der Waals surface area contributed by atoms with E-state index in [4.69, 9.17) is 0 Å². The number of H-pyrrole nitrogens is 1. The normalized spacial score (nSPS) is 11.3. The molecule has 0 saturated heterocycles. The number of guanidine groups is 1. The summed E-state index contributed by atoms with van der Waals surface area (Å²) in [6.07, 6.45) is 6.81. The van der Waals surface area contributed by atoms with Crippen LogP contribution in [0.3, 0.4) is 0 Å².